The molecule has 2 aliphatic heterocycles. The molecule has 0 saturated carbocycles. The number of nitrogens with zero attached hydrogens (tertiary/aromatic N) is 3. The van der Waals surface area contributed by atoms with Crippen LogP contribution >= 0.6 is 0 Å². The molecule has 2 aliphatic rings. The van der Waals surface area contributed by atoms with Crippen molar-refractivity contribution >= 4 is 5.97 Å². The van der Waals surface area contributed by atoms with Crippen LogP contribution in [-0.4, -0.2) is 49.3 Å². The van der Waals surface area contributed by atoms with Crippen LogP contribution in [0.15, 0.2) is 35.4 Å². The van der Waals surface area contributed by atoms with E-state index < -0.39 is 36.6 Å². The molecule has 0 radical (unpaired) electrons. The predicted octanol–water partition coefficient (Wildman–Crippen LogP) is 2.44. The van der Waals surface area contributed by atoms with Gasteiger partial charge in [0.25, 0.3) is 0 Å². The van der Waals surface area contributed by atoms with Crippen molar-refractivity contribution in [2.75, 3.05) is 6.61 Å². The van der Waals surface area contributed by atoms with Crippen LogP contribution in [0.3, 0.4) is 0 Å². The van der Waals surface area contributed by atoms with Crippen molar-refractivity contribution in [3.63, 3.8) is 0 Å². The predicted molar refractivity (Wildman–Crippen MR) is 83.2 cm³/mol. The minimum atomic E-state index is -0.742. The molecule has 1 aromatic rings. The number of benzene rings is 1. The summed E-state index contributed by atoms with van der Waals surface area (Å²) in [5, 5.41) is 3.77. The first kappa shape index (κ1) is 16.7. The molecular weight excluding hydrogens is 314 g/mol. The summed E-state index contributed by atoms with van der Waals surface area (Å²) in [5.74, 6) is -0.491. The maximum Gasteiger partial charge on any atom is 0.338 e. The molecule has 0 aromatic heterocycles. The molecule has 3 rings (SSSR count). The van der Waals surface area contributed by atoms with Gasteiger partial charge in [-0.1, -0.05) is 23.3 Å². The highest BCUT2D eigenvalue weighted by atomic mass is 16.7. The Bertz CT molecular complexity index is 634. The van der Waals surface area contributed by atoms with Crippen molar-refractivity contribution in [2.24, 2.45) is 5.11 Å². The summed E-state index contributed by atoms with van der Waals surface area (Å²) < 4.78 is 22.7. The largest absolute Gasteiger partial charge is 0.455 e. The minimum Gasteiger partial charge on any atom is -0.455 e. The van der Waals surface area contributed by atoms with E-state index in [1.165, 1.54) is 0 Å². The summed E-state index contributed by atoms with van der Waals surface area (Å²) in [7, 11) is 0. The van der Waals surface area contributed by atoms with Crippen LogP contribution in [0.5, 0.6) is 0 Å². The normalized spacial score (nSPS) is 35.4. The molecule has 0 N–H and O–H groups in total. The number of rotatable bonds is 3. The molecule has 8 heteroatoms. The Kier molecular flexibility index (Phi) is 5.01. The van der Waals surface area contributed by atoms with E-state index in [2.05, 4.69) is 10.0 Å². The van der Waals surface area contributed by atoms with Crippen molar-refractivity contribution < 1.29 is 23.7 Å². The van der Waals surface area contributed by atoms with Gasteiger partial charge >= 0.3 is 5.97 Å². The van der Waals surface area contributed by atoms with Gasteiger partial charge in [0, 0.05) is 4.91 Å². The number of carbonyl (C=O) groups excluding carboxylic acids is 1. The van der Waals surface area contributed by atoms with Crippen molar-refractivity contribution in [3.8, 4) is 0 Å². The van der Waals surface area contributed by atoms with E-state index in [-0.39, 0.29) is 6.10 Å². The van der Waals surface area contributed by atoms with Gasteiger partial charge in [-0.25, -0.2) is 4.79 Å². The second-order valence-electron chi connectivity index (χ2n) is 5.81. The van der Waals surface area contributed by atoms with Gasteiger partial charge in [-0.15, -0.1) is 0 Å². The Morgan fingerprint density at radius 2 is 2.04 bits per heavy atom. The van der Waals surface area contributed by atoms with Crippen LogP contribution in [0.1, 0.15) is 24.2 Å². The van der Waals surface area contributed by atoms with Gasteiger partial charge in [0.05, 0.1) is 18.3 Å². The van der Waals surface area contributed by atoms with E-state index in [0.29, 0.717) is 12.2 Å². The molecule has 24 heavy (non-hydrogen) atoms. The molecule has 2 heterocycles. The first-order chi connectivity index (χ1) is 11.6. The van der Waals surface area contributed by atoms with E-state index in [9.17, 15) is 4.79 Å². The van der Waals surface area contributed by atoms with Gasteiger partial charge in [0.2, 0.25) is 0 Å². The SMILES string of the molecule is CC1OCC2OC(C)C(N=[N+]=[N-])[C@@H](OC(=O)c3ccccc3)[C@@H]2O1. The second-order valence-corrected chi connectivity index (χ2v) is 5.81. The molecule has 6 atom stereocenters. The van der Waals surface area contributed by atoms with Gasteiger partial charge in [0.15, 0.2) is 6.29 Å². The number of esters is 1. The third-order valence-corrected chi connectivity index (χ3v) is 4.18. The Balaban J connectivity index is 1.86. The van der Waals surface area contributed by atoms with Crippen LogP contribution in [0.2, 0.25) is 0 Å². The zero-order valence-corrected chi connectivity index (χ0v) is 13.4. The minimum absolute atomic E-state index is 0.332. The third kappa shape index (κ3) is 3.37. The monoisotopic (exact) mass is 333 g/mol. The summed E-state index contributed by atoms with van der Waals surface area (Å²) in [4.78, 5) is 15.3. The lowest BCUT2D eigenvalue weighted by molar-refractivity contribution is -0.302. The molecule has 2 saturated heterocycles. The molecule has 128 valence electrons. The first-order valence-corrected chi connectivity index (χ1v) is 7.83. The fourth-order valence-electron chi connectivity index (χ4n) is 3.02. The highest BCUT2D eigenvalue weighted by Gasteiger charge is 2.49. The Hall–Kier alpha value is -2.12. The quantitative estimate of drug-likeness (QED) is 0.366. The summed E-state index contributed by atoms with van der Waals surface area (Å²) in [6, 6.07) is 7.98. The maximum atomic E-state index is 12.4. The number of ether oxygens (including phenoxy) is 4. The van der Waals surface area contributed by atoms with Gasteiger partial charge < -0.3 is 18.9 Å². The topological polar surface area (TPSA) is 103 Å². The number of hydrogen-bond donors (Lipinski definition) is 0. The third-order valence-electron chi connectivity index (χ3n) is 4.18. The van der Waals surface area contributed by atoms with Gasteiger partial charge in [-0.3, -0.25) is 0 Å². The zero-order valence-electron chi connectivity index (χ0n) is 13.4. The lowest BCUT2D eigenvalue weighted by Crippen LogP contribution is -2.62. The van der Waals surface area contributed by atoms with E-state index in [1.807, 2.05) is 6.07 Å². The molecule has 0 aliphatic carbocycles. The smallest absolute Gasteiger partial charge is 0.338 e. The standard InChI is InChI=1S/C16H19N3O5/c1-9-13(18-19-17)15(14-12(22-9)8-21-10(2)23-14)24-16(20)11-6-4-3-5-7-11/h3-7,9-10,12-15H,8H2,1-2H3/t9?,10?,12?,13?,14-,15-/m1/s1. The summed E-state index contributed by atoms with van der Waals surface area (Å²) >= 11 is 0. The highest BCUT2D eigenvalue weighted by Crippen LogP contribution is 2.32. The lowest BCUT2D eigenvalue weighted by atomic mass is 9.93. The van der Waals surface area contributed by atoms with Crippen molar-refractivity contribution in [2.45, 2.75) is 50.6 Å². The van der Waals surface area contributed by atoms with Gasteiger partial charge in [-0.05, 0) is 31.5 Å². The Morgan fingerprint density at radius 1 is 1.29 bits per heavy atom. The van der Waals surface area contributed by atoms with Crippen LogP contribution in [0, 0.1) is 0 Å². The molecule has 0 spiro atoms. The van der Waals surface area contributed by atoms with Gasteiger partial charge in [0.1, 0.15) is 24.4 Å². The molecule has 4 unspecified atom stereocenters. The number of azide groups is 1. The lowest BCUT2D eigenvalue weighted by Gasteiger charge is -2.46. The molecular formula is C16H19N3O5. The van der Waals surface area contributed by atoms with Crippen LogP contribution in [-0.2, 0) is 18.9 Å². The fraction of sp³-hybridized carbons (Fsp3) is 0.562. The number of fused-ring (bicyclic) bond motifs is 1. The Labute approximate surface area is 139 Å². The summed E-state index contributed by atoms with van der Waals surface area (Å²) in [6.45, 7) is 3.86. The van der Waals surface area contributed by atoms with E-state index in [0.717, 1.165) is 0 Å². The van der Waals surface area contributed by atoms with Gasteiger partial charge in [-0.2, -0.15) is 0 Å². The molecule has 1 aromatic carbocycles. The van der Waals surface area contributed by atoms with Crippen molar-refractivity contribution in [1.29, 1.82) is 0 Å². The fourth-order valence-corrected chi connectivity index (χ4v) is 3.02. The molecule has 2 fully saturated rings. The van der Waals surface area contributed by atoms with E-state index >= 15 is 0 Å². The van der Waals surface area contributed by atoms with Crippen molar-refractivity contribution in [1.82, 2.24) is 0 Å². The average Bonchev–Trinajstić information content (AvgIpc) is 2.59. The maximum absolute atomic E-state index is 12.4. The average molecular weight is 333 g/mol. The summed E-state index contributed by atoms with van der Waals surface area (Å²) in [5.41, 5.74) is 9.27. The number of carbonyl (C=O) groups is 1. The molecule has 0 bridgehead atoms. The van der Waals surface area contributed by atoms with E-state index in [4.69, 9.17) is 24.5 Å². The number of hydrogen-bond acceptors (Lipinski definition) is 6. The molecule has 0 amide bonds. The van der Waals surface area contributed by atoms with Crippen LogP contribution < -0.4 is 0 Å². The zero-order chi connectivity index (χ0) is 17.1. The highest BCUT2D eigenvalue weighted by molar-refractivity contribution is 5.89. The summed E-state index contributed by atoms with van der Waals surface area (Å²) in [6.07, 6.45) is -2.54. The second kappa shape index (κ2) is 7.19. The van der Waals surface area contributed by atoms with Crippen LogP contribution in [0.4, 0.5) is 0 Å². The molecule has 8 nitrogen and oxygen atoms in total. The van der Waals surface area contributed by atoms with Crippen molar-refractivity contribution in [3.05, 3.63) is 46.3 Å². The van der Waals surface area contributed by atoms with Crippen LogP contribution in [0.25, 0.3) is 10.4 Å². The Morgan fingerprint density at radius 3 is 2.75 bits per heavy atom. The van der Waals surface area contributed by atoms with E-state index in [1.54, 1.807) is 38.1 Å². The first-order valence-electron chi connectivity index (χ1n) is 7.83.